The summed E-state index contributed by atoms with van der Waals surface area (Å²) in [5, 5.41) is 32.8. The number of non-ortho nitro benzene ring substituents is 1. The highest BCUT2D eigenvalue weighted by atomic mass is 16.6. The number of nitrogens with zero attached hydrogens (tertiary/aromatic N) is 1. The average Bonchev–Trinajstić information content (AvgIpc) is 2.65. The molecule has 0 bridgehead atoms. The van der Waals surface area contributed by atoms with Crippen LogP contribution in [0.3, 0.4) is 0 Å². The van der Waals surface area contributed by atoms with Crippen molar-refractivity contribution in [1.29, 1.82) is 0 Å². The van der Waals surface area contributed by atoms with E-state index < -0.39 is 40.9 Å². The van der Waals surface area contributed by atoms with Crippen molar-refractivity contribution in [3.8, 4) is 5.75 Å². The molecule has 13 heteroatoms. The first kappa shape index (κ1) is 23.3. The molecule has 2 atom stereocenters. The number of nitro benzene ring substituents is 1. The zero-order chi connectivity index (χ0) is 22.0. The maximum atomic E-state index is 11.7. The van der Waals surface area contributed by atoms with E-state index >= 15 is 0 Å². The molecule has 2 unspecified atom stereocenters. The fourth-order valence-corrected chi connectivity index (χ4v) is 2.03. The summed E-state index contributed by atoms with van der Waals surface area (Å²) >= 11 is 0. The van der Waals surface area contributed by atoms with E-state index in [-0.39, 0.29) is 37.2 Å². The maximum Gasteiger partial charge on any atom is 0.412 e. The molecular weight excluding hydrogens is 392 g/mol. The number of carboxylic acids is 2. The van der Waals surface area contributed by atoms with E-state index in [9.17, 15) is 29.3 Å². The lowest BCUT2D eigenvalue weighted by molar-refractivity contribution is -0.384. The quantitative estimate of drug-likeness (QED) is 0.239. The number of carbonyl (C=O) groups is 4. The number of nitrogens with one attached hydrogen (secondary N) is 2. The van der Waals surface area contributed by atoms with E-state index in [4.69, 9.17) is 20.7 Å². The number of aliphatic carboxylic acids is 2. The summed E-state index contributed by atoms with van der Waals surface area (Å²) in [4.78, 5) is 55.1. The largest absolute Gasteiger partial charge is 0.480 e. The van der Waals surface area contributed by atoms with Crippen LogP contribution < -0.4 is 21.1 Å². The first-order valence-electron chi connectivity index (χ1n) is 8.31. The fraction of sp³-hybridized carbons (Fsp3) is 0.375. The van der Waals surface area contributed by atoms with Gasteiger partial charge in [0.25, 0.3) is 5.69 Å². The Morgan fingerprint density at radius 3 is 2.24 bits per heavy atom. The van der Waals surface area contributed by atoms with Crippen molar-refractivity contribution in [1.82, 2.24) is 10.6 Å². The molecule has 0 radical (unpaired) electrons. The van der Waals surface area contributed by atoms with E-state index in [1.807, 2.05) is 0 Å². The van der Waals surface area contributed by atoms with Gasteiger partial charge in [-0.25, -0.2) is 9.59 Å². The van der Waals surface area contributed by atoms with Crippen LogP contribution in [0.2, 0.25) is 0 Å². The lowest BCUT2D eigenvalue weighted by atomic mass is 10.1. The van der Waals surface area contributed by atoms with Crippen molar-refractivity contribution in [2.45, 2.75) is 31.3 Å². The summed E-state index contributed by atoms with van der Waals surface area (Å²) in [6.07, 6.45) is -1.51. The minimum atomic E-state index is -1.34. The van der Waals surface area contributed by atoms with Crippen molar-refractivity contribution in [3.05, 3.63) is 34.4 Å². The van der Waals surface area contributed by atoms with Gasteiger partial charge in [-0.15, -0.1) is 0 Å². The molecule has 29 heavy (non-hydrogen) atoms. The third-order valence-corrected chi connectivity index (χ3v) is 3.59. The molecular formula is C16H20N4O9. The minimum Gasteiger partial charge on any atom is -0.480 e. The molecule has 1 aromatic carbocycles. The Hall–Kier alpha value is -3.74. The van der Waals surface area contributed by atoms with Gasteiger partial charge in [0.1, 0.15) is 17.8 Å². The van der Waals surface area contributed by atoms with Gasteiger partial charge in [0.2, 0.25) is 5.91 Å². The SMILES string of the molecule is NC(CCC(=O)NC(CCNC(=O)Oc1ccc([N+](=O)[O-])cc1)C(=O)O)C(=O)O. The predicted molar refractivity (Wildman–Crippen MR) is 96.2 cm³/mol. The highest BCUT2D eigenvalue weighted by Gasteiger charge is 2.21. The second-order valence-corrected chi connectivity index (χ2v) is 5.80. The Bertz CT molecular complexity index is 766. The van der Waals surface area contributed by atoms with E-state index in [1.165, 1.54) is 12.1 Å². The summed E-state index contributed by atoms with van der Waals surface area (Å²) in [7, 11) is 0. The number of nitro groups is 1. The van der Waals surface area contributed by atoms with Gasteiger partial charge in [-0.05, 0) is 25.0 Å². The third-order valence-electron chi connectivity index (χ3n) is 3.59. The van der Waals surface area contributed by atoms with Gasteiger partial charge in [0.05, 0.1) is 4.92 Å². The van der Waals surface area contributed by atoms with Crippen molar-refractivity contribution in [2.75, 3.05) is 6.54 Å². The van der Waals surface area contributed by atoms with Crippen LogP contribution in [0.25, 0.3) is 0 Å². The zero-order valence-electron chi connectivity index (χ0n) is 15.1. The predicted octanol–water partition coefficient (Wildman–Crippen LogP) is -0.165. The van der Waals surface area contributed by atoms with Crippen LogP contribution in [-0.2, 0) is 14.4 Å². The van der Waals surface area contributed by atoms with Crippen LogP contribution in [-0.4, -0.2) is 57.7 Å². The molecule has 0 heterocycles. The van der Waals surface area contributed by atoms with Crippen LogP contribution in [0.1, 0.15) is 19.3 Å². The molecule has 2 amide bonds. The standard InChI is InChI=1S/C16H20N4O9/c17-11(14(22)23)5-6-13(21)19-12(15(24)25)7-8-18-16(26)29-10-3-1-9(2-4-10)20(27)28/h1-4,11-12H,5-8,17H2,(H,18,26)(H,19,21)(H,22,23)(H,24,25). The number of rotatable bonds is 11. The van der Waals surface area contributed by atoms with Crippen LogP contribution >= 0.6 is 0 Å². The van der Waals surface area contributed by atoms with E-state index in [0.717, 1.165) is 12.1 Å². The highest BCUT2D eigenvalue weighted by molar-refractivity contribution is 5.84. The molecule has 0 saturated carbocycles. The smallest absolute Gasteiger partial charge is 0.412 e. The van der Waals surface area contributed by atoms with Gasteiger partial charge in [-0.2, -0.15) is 0 Å². The van der Waals surface area contributed by atoms with Gasteiger partial charge >= 0.3 is 18.0 Å². The molecule has 13 nitrogen and oxygen atoms in total. The topological polar surface area (TPSA) is 211 Å². The highest BCUT2D eigenvalue weighted by Crippen LogP contribution is 2.17. The molecule has 0 aliphatic rings. The Labute approximate surface area is 164 Å². The number of hydrogen-bond donors (Lipinski definition) is 5. The number of ether oxygens (including phenoxy) is 1. The Morgan fingerprint density at radius 2 is 1.72 bits per heavy atom. The second-order valence-electron chi connectivity index (χ2n) is 5.80. The number of benzene rings is 1. The van der Waals surface area contributed by atoms with Gasteiger partial charge in [-0.3, -0.25) is 19.7 Å². The van der Waals surface area contributed by atoms with E-state index in [0.29, 0.717) is 0 Å². The van der Waals surface area contributed by atoms with E-state index in [2.05, 4.69) is 10.6 Å². The molecule has 0 saturated heterocycles. The maximum absolute atomic E-state index is 11.7. The number of carbonyl (C=O) groups excluding carboxylic acids is 2. The van der Waals surface area contributed by atoms with Crippen LogP contribution in [0.4, 0.5) is 10.5 Å². The van der Waals surface area contributed by atoms with Crippen molar-refractivity contribution in [3.63, 3.8) is 0 Å². The molecule has 0 aliphatic heterocycles. The van der Waals surface area contributed by atoms with Crippen LogP contribution in [0.5, 0.6) is 5.75 Å². The van der Waals surface area contributed by atoms with Crippen molar-refractivity contribution >= 4 is 29.6 Å². The summed E-state index contributed by atoms with van der Waals surface area (Å²) in [6.45, 7) is -0.155. The average molecular weight is 412 g/mol. The lowest BCUT2D eigenvalue weighted by Crippen LogP contribution is -2.44. The summed E-state index contributed by atoms with van der Waals surface area (Å²) in [6, 6.07) is 2.19. The zero-order valence-corrected chi connectivity index (χ0v) is 15.1. The molecule has 1 rings (SSSR count). The summed E-state index contributed by atoms with van der Waals surface area (Å²) in [5.74, 6) is -3.26. The summed E-state index contributed by atoms with van der Waals surface area (Å²) < 4.78 is 4.88. The van der Waals surface area contributed by atoms with Crippen molar-refractivity contribution < 1.29 is 39.1 Å². The number of carboxylic acid groups (broad SMARTS) is 2. The monoisotopic (exact) mass is 412 g/mol. The number of nitrogens with two attached hydrogens (primary N) is 1. The molecule has 158 valence electrons. The molecule has 0 spiro atoms. The molecule has 6 N–H and O–H groups in total. The first-order chi connectivity index (χ1) is 13.6. The fourth-order valence-electron chi connectivity index (χ4n) is 2.03. The van der Waals surface area contributed by atoms with Gasteiger partial charge in [0.15, 0.2) is 0 Å². The number of amides is 2. The van der Waals surface area contributed by atoms with Crippen molar-refractivity contribution in [2.24, 2.45) is 5.73 Å². The lowest BCUT2D eigenvalue weighted by Gasteiger charge is -2.15. The van der Waals surface area contributed by atoms with Gasteiger partial charge in [-0.1, -0.05) is 0 Å². The Morgan fingerprint density at radius 1 is 1.10 bits per heavy atom. The normalized spacial score (nSPS) is 12.3. The molecule has 1 aromatic rings. The van der Waals surface area contributed by atoms with E-state index in [1.54, 1.807) is 0 Å². The van der Waals surface area contributed by atoms with Crippen LogP contribution in [0.15, 0.2) is 24.3 Å². The Kier molecular flexibility index (Phi) is 8.98. The second kappa shape index (κ2) is 11.2. The minimum absolute atomic E-state index is 0.0472. The molecule has 0 aliphatic carbocycles. The Balaban J connectivity index is 2.42. The van der Waals surface area contributed by atoms with Gasteiger partial charge < -0.3 is 31.3 Å². The summed E-state index contributed by atoms with van der Waals surface area (Å²) in [5.41, 5.74) is 5.09. The third kappa shape index (κ3) is 8.66. The first-order valence-corrected chi connectivity index (χ1v) is 8.31. The molecule has 0 aromatic heterocycles. The number of hydrogen-bond acceptors (Lipinski definition) is 8. The van der Waals surface area contributed by atoms with Gasteiger partial charge in [0, 0.05) is 25.1 Å². The van der Waals surface area contributed by atoms with Crippen LogP contribution in [0, 0.1) is 10.1 Å². The molecule has 0 fully saturated rings.